The molecule has 0 bridgehead atoms. The quantitative estimate of drug-likeness (QED) is 0.917. The molecule has 1 aliphatic rings. The molecule has 1 aliphatic heterocycles. The fourth-order valence-electron chi connectivity index (χ4n) is 2.52. The van der Waals surface area contributed by atoms with Crippen LogP contribution in [0.4, 0.5) is 10.1 Å². The van der Waals surface area contributed by atoms with Gasteiger partial charge < -0.3 is 10.6 Å². The number of nitrogens with zero attached hydrogens (tertiary/aromatic N) is 2. The first kappa shape index (κ1) is 13.3. The largest absolute Gasteiger partial charge is 0.316 e. The Morgan fingerprint density at radius 2 is 2.10 bits per heavy atom. The van der Waals surface area contributed by atoms with E-state index in [1.807, 2.05) is 6.07 Å². The molecule has 0 fully saturated rings. The van der Waals surface area contributed by atoms with Crippen molar-refractivity contribution in [1.82, 2.24) is 0 Å². The van der Waals surface area contributed by atoms with Crippen LogP contribution in [-0.2, 0) is 11.3 Å². The molecule has 5 heteroatoms. The van der Waals surface area contributed by atoms with Gasteiger partial charge in [0.25, 0.3) is 0 Å². The summed E-state index contributed by atoms with van der Waals surface area (Å²) in [7, 11) is 0. The van der Waals surface area contributed by atoms with E-state index < -0.39 is 11.9 Å². The molecule has 0 saturated heterocycles. The minimum atomic E-state index is -0.838. The molecule has 2 aromatic carbocycles. The number of benzene rings is 2. The molecule has 3 rings (SSSR count). The maximum absolute atomic E-state index is 13.3. The predicted molar refractivity (Wildman–Crippen MR) is 75.7 cm³/mol. The zero-order chi connectivity index (χ0) is 15.0. The standard InChI is InChI=1S/C16H12FN3O/c17-12-4-5-14-13(7-12)15(19)16(21)20(14)9-11-3-1-2-10(6-11)8-18/h1-7,15H,9,19H2. The molecule has 0 saturated carbocycles. The maximum Gasteiger partial charge on any atom is 0.248 e. The summed E-state index contributed by atoms with van der Waals surface area (Å²) in [6.07, 6.45) is 0. The van der Waals surface area contributed by atoms with Crippen LogP contribution in [0.25, 0.3) is 0 Å². The van der Waals surface area contributed by atoms with Gasteiger partial charge in [0.05, 0.1) is 18.2 Å². The van der Waals surface area contributed by atoms with E-state index in [1.165, 1.54) is 17.0 Å². The molecule has 1 amide bonds. The average Bonchev–Trinajstić information content (AvgIpc) is 2.72. The molecule has 0 aliphatic carbocycles. The lowest BCUT2D eigenvalue weighted by atomic mass is 10.1. The van der Waals surface area contributed by atoms with Gasteiger partial charge in [-0.15, -0.1) is 0 Å². The second-order valence-corrected chi connectivity index (χ2v) is 4.92. The van der Waals surface area contributed by atoms with E-state index in [0.717, 1.165) is 5.56 Å². The number of carbonyl (C=O) groups is 1. The number of halogens is 1. The van der Waals surface area contributed by atoms with Gasteiger partial charge in [-0.2, -0.15) is 5.26 Å². The average molecular weight is 281 g/mol. The van der Waals surface area contributed by atoms with Gasteiger partial charge in [0, 0.05) is 11.3 Å². The van der Waals surface area contributed by atoms with E-state index in [-0.39, 0.29) is 5.91 Å². The Morgan fingerprint density at radius 3 is 2.86 bits per heavy atom. The number of nitriles is 1. The number of nitrogens with two attached hydrogens (primary N) is 1. The molecule has 2 aromatic rings. The Labute approximate surface area is 121 Å². The van der Waals surface area contributed by atoms with Crippen molar-refractivity contribution < 1.29 is 9.18 Å². The van der Waals surface area contributed by atoms with Crippen molar-refractivity contribution in [3.8, 4) is 6.07 Å². The molecule has 0 radical (unpaired) electrons. The van der Waals surface area contributed by atoms with Crippen molar-refractivity contribution >= 4 is 11.6 Å². The number of hydrogen-bond acceptors (Lipinski definition) is 3. The third-order valence-corrected chi connectivity index (χ3v) is 3.54. The Hall–Kier alpha value is -2.71. The summed E-state index contributed by atoms with van der Waals surface area (Å²) in [6, 6.07) is 12.4. The second kappa shape index (κ2) is 5.00. The van der Waals surface area contributed by atoms with Crippen LogP contribution in [0.5, 0.6) is 0 Å². The van der Waals surface area contributed by atoms with Crippen LogP contribution in [0.1, 0.15) is 22.7 Å². The summed E-state index contributed by atoms with van der Waals surface area (Å²) < 4.78 is 13.3. The number of carbonyl (C=O) groups excluding carboxylic acids is 1. The van der Waals surface area contributed by atoms with Crippen LogP contribution in [0, 0.1) is 17.1 Å². The van der Waals surface area contributed by atoms with Crippen molar-refractivity contribution in [3.05, 3.63) is 65.0 Å². The summed E-state index contributed by atoms with van der Waals surface area (Å²) >= 11 is 0. The van der Waals surface area contributed by atoms with Crippen LogP contribution in [0.3, 0.4) is 0 Å². The van der Waals surface area contributed by atoms with E-state index in [4.69, 9.17) is 11.0 Å². The summed E-state index contributed by atoms with van der Waals surface area (Å²) in [6.45, 7) is 0.306. The molecule has 1 unspecified atom stereocenters. The van der Waals surface area contributed by atoms with Crippen LogP contribution in [0.15, 0.2) is 42.5 Å². The molecule has 0 aromatic heterocycles. The Balaban J connectivity index is 1.97. The summed E-state index contributed by atoms with van der Waals surface area (Å²) in [5.74, 6) is -0.678. The van der Waals surface area contributed by atoms with E-state index >= 15 is 0 Å². The lowest BCUT2D eigenvalue weighted by molar-refractivity contribution is -0.119. The zero-order valence-corrected chi connectivity index (χ0v) is 11.1. The van der Waals surface area contributed by atoms with Gasteiger partial charge in [0.15, 0.2) is 0 Å². The summed E-state index contributed by atoms with van der Waals surface area (Å²) in [5.41, 5.74) is 8.32. The maximum atomic E-state index is 13.3. The molecule has 104 valence electrons. The first-order valence-corrected chi connectivity index (χ1v) is 6.45. The molecular formula is C16H12FN3O. The van der Waals surface area contributed by atoms with Gasteiger partial charge in [-0.1, -0.05) is 12.1 Å². The fraction of sp³-hybridized carbons (Fsp3) is 0.125. The first-order valence-electron chi connectivity index (χ1n) is 6.45. The number of fused-ring (bicyclic) bond motifs is 1. The van der Waals surface area contributed by atoms with Crippen LogP contribution in [-0.4, -0.2) is 5.91 Å². The van der Waals surface area contributed by atoms with E-state index in [2.05, 4.69) is 6.07 Å². The summed E-state index contributed by atoms with van der Waals surface area (Å²) in [5, 5.41) is 8.91. The van der Waals surface area contributed by atoms with Gasteiger partial charge >= 0.3 is 0 Å². The molecule has 21 heavy (non-hydrogen) atoms. The van der Waals surface area contributed by atoms with Crippen molar-refractivity contribution in [2.45, 2.75) is 12.6 Å². The molecule has 0 spiro atoms. The fourth-order valence-corrected chi connectivity index (χ4v) is 2.52. The molecule has 2 N–H and O–H groups in total. The third kappa shape index (κ3) is 2.26. The molecule has 1 heterocycles. The number of rotatable bonds is 2. The highest BCUT2D eigenvalue weighted by Crippen LogP contribution is 2.35. The molecule has 4 nitrogen and oxygen atoms in total. The van der Waals surface area contributed by atoms with E-state index in [1.54, 1.807) is 24.3 Å². The SMILES string of the molecule is N#Cc1cccc(CN2C(=O)C(N)c3cc(F)ccc32)c1. The van der Waals surface area contributed by atoms with Crippen LogP contribution >= 0.6 is 0 Å². The first-order chi connectivity index (χ1) is 10.1. The Kier molecular flexibility index (Phi) is 3.16. The van der Waals surface area contributed by atoms with Crippen LogP contribution in [0.2, 0.25) is 0 Å². The lowest BCUT2D eigenvalue weighted by Gasteiger charge is -2.17. The number of anilines is 1. The Morgan fingerprint density at radius 1 is 1.29 bits per heavy atom. The highest BCUT2D eigenvalue weighted by Gasteiger charge is 2.34. The third-order valence-electron chi connectivity index (χ3n) is 3.54. The van der Waals surface area contributed by atoms with Gasteiger partial charge in [-0.3, -0.25) is 4.79 Å². The van der Waals surface area contributed by atoms with Gasteiger partial charge in [0.1, 0.15) is 11.9 Å². The predicted octanol–water partition coefficient (Wildman–Crippen LogP) is 2.24. The lowest BCUT2D eigenvalue weighted by Crippen LogP contribution is -2.31. The van der Waals surface area contributed by atoms with Crippen molar-refractivity contribution in [3.63, 3.8) is 0 Å². The summed E-state index contributed by atoms with van der Waals surface area (Å²) in [4.78, 5) is 13.8. The van der Waals surface area contributed by atoms with Crippen molar-refractivity contribution in [1.29, 1.82) is 5.26 Å². The number of amides is 1. The second-order valence-electron chi connectivity index (χ2n) is 4.92. The number of hydrogen-bond donors (Lipinski definition) is 1. The minimum Gasteiger partial charge on any atom is -0.316 e. The monoisotopic (exact) mass is 281 g/mol. The van der Waals surface area contributed by atoms with Crippen molar-refractivity contribution in [2.24, 2.45) is 5.73 Å². The Bertz CT molecular complexity index is 766. The zero-order valence-electron chi connectivity index (χ0n) is 11.1. The smallest absolute Gasteiger partial charge is 0.248 e. The molecule has 1 atom stereocenters. The molecular weight excluding hydrogens is 269 g/mol. The normalized spacial score (nSPS) is 16.7. The van der Waals surface area contributed by atoms with Crippen molar-refractivity contribution in [2.75, 3.05) is 4.90 Å². The van der Waals surface area contributed by atoms with Gasteiger partial charge in [-0.25, -0.2) is 4.39 Å². The van der Waals surface area contributed by atoms with Crippen LogP contribution < -0.4 is 10.6 Å². The van der Waals surface area contributed by atoms with E-state index in [0.29, 0.717) is 23.4 Å². The van der Waals surface area contributed by atoms with Gasteiger partial charge in [0.2, 0.25) is 5.91 Å². The highest BCUT2D eigenvalue weighted by atomic mass is 19.1. The minimum absolute atomic E-state index is 0.266. The highest BCUT2D eigenvalue weighted by molar-refractivity contribution is 6.04. The van der Waals surface area contributed by atoms with Gasteiger partial charge in [-0.05, 0) is 35.9 Å². The van der Waals surface area contributed by atoms with E-state index in [9.17, 15) is 9.18 Å². The topological polar surface area (TPSA) is 70.1 Å².